The number of carboxylic acids is 1. The molecule has 2 aliphatic rings. The highest BCUT2D eigenvalue weighted by molar-refractivity contribution is 5.97. The number of carboxylic acid groups (broad SMARTS) is 1. The molecule has 1 aromatic carbocycles. The molecule has 0 aliphatic carbocycles. The van der Waals surface area contributed by atoms with Crippen LogP contribution in [0.1, 0.15) is 77.2 Å². The maximum absolute atomic E-state index is 14.0. The van der Waals surface area contributed by atoms with Gasteiger partial charge in [-0.3, -0.25) is 28.9 Å². The average Bonchev–Trinajstić information content (AvgIpc) is 3.39. The molecule has 2 aromatic rings. The predicted molar refractivity (Wildman–Crippen MR) is 168 cm³/mol. The van der Waals surface area contributed by atoms with Crippen LogP contribution in [-0.2, 0) is 30.4 Å². The Hall–Kier alpha value is -3.93. The van der Waals surface area contributed by atoms with Gasteiger partial charge in [0.05, 0.1) is 24.1 Å². The Balaban J connectivity index is 1.68. The van der Waals surface area contributed by atoms with Gasteiger partial charge < -0.3 is 25.9 Å². The lowest BCUT2D eigenvalue weighted by molar-refractivity contribution is -0.137. The standard InChI is InChI=1S/C33H47N5O7/c1-4-21(2)30-28(39)20-37-17-11-10-15-27(37)33(44)34-24(13-6-5-7-16-29(40)41)31(42)35-25(32(43)36-30)18-22-19-38(45-3)26-14-9-8-12-23(22)26/h8-9,12,14,19,21,24-25,27,30H,4-7,10-11,13,15-18,20H2,1-3H3,(H,34,44)(H,35,42)(H,36,43)(H,40,41)/t21-,24-,25-,27+,30-/m0/s1. The number of fused-ring (bicyclic) bond motifs is 2. The minimum absolute atomic E-state index is 0.0284. The van der Waals surface area contributed by atoms with Gasteiger partial charge in [-0.15, -0.1) is 0 Å². The van der Waals surface area contributed by atoms with Crippen LogP contribution in [0.3, 0.4) is 0 Å². The zero-order chi connectivity index (χ0) is 32.5. The van der Waals surface area contributed by atoms with Gasteiger partial charge in [-0.2, -0.15) is 4.73 Å². The molecule has 4 N–H and O–H groups in total. The molecule has 2 aliphatic heterocycles. The van der Waals surface area contributed by atoms with Crippen LogP contribution in [0, 0.1) is 5.92 Å². The van der Waals surface area contributed by atoms with Gasteiger partial charge in [0.15, 0.2) is 5.78 Å². The third kappa shape index (κ3) is 8.62. The maximum atomic E-state index is 14.0. The fourth-order valence-corrected chi connectivity index (χ4v) is 6.38. The summed E-state index contributed by atoms with van der Waals surface area (Å²) in [5.41, 5.74) is 1.58. The van der Waals surface area contributed by atoms with Gasteiger partial charge in [0, 0.05) is 24.4 Å². The summed E-state index contributed by atoms with van der Waals surface area (Å²) >= 11 is 0. The number of Topliss-reactive ketones (excluding diaryl/α,β-unsaturated/α-hetero) is 1. The number of carbonyl (C=O) groups is 5. The summed E-state index contributed by atoms with van der Waals surface area (Å²) in [6.07, 6.45) is 6.69. The van der Waals surface area contributed by atoms with E-state index < -0.39 is 42.0 Å². The molecular formula is C33H47N5O7. The van der Waals surface area contributed by atoms with Gasteiger partial charge in [0.2, 0.25) is 17.7 Å². The van der Waals surface area contributed by atoms with E-state index in [1.54, 1.807) is 18.0 Å². The summed E-state index contributed by atoms with van der Waals surface area (Å²) in [7, 11) is 1.55. The Morgan fingerprint density at radius 1 is 1.00 bits per heavy atom. The zero-order valence-electron chi connectivity index (χ0n) is 26.5. The van der Waals surface area contributed by atoms with Gasteiger partial charge in [0.1, 0.15) is 19.2 Å². The highest BCUT2D eigenvalue weighted by Crippen LogP contribution is 2.23. The number of aromatic nitrogens is 1. The van der Waals surface area contributed by atoms with Crippen LogP contribution < -0.4 is 20.8 Å². The Morgan fingerprint density at radius 3 is 2.47 bits per heavy atom. The molecule has 12 nitrogen and oxygen atoms in total. The van der Waals surface area contributed by atoms with E-state index in [-0.39, 0.29) is 43.4 Å². The van der Waals surface area contributed by atoms with Crippen LogP contribution in [0.15, 0.2) is 30.5 Å². The van der Waals surface area contributed by atoms with Crippen LogP contribution in [0.25, 0.3) is 10.9 Å². The summed E-state index contributed by atoms with van der Waals surface area (Å²) in [6.45, 7) is 4.48. The van der Waals surface area contributed by atoms with Crippen LogP contribution >= 0.6 is 0 Å². The maximum Gasteiger partial charge on any atom is 0.303 e. The SMILES string of the molecule is CC[C@H](C)[C@@H]1NC(=O)[C@H](Cc2cn(OC)c3ccccc23)NC(=O)[C@H](CCCCCC(=O)O)NC(=O)[C@H]2CCCCN2CC1=O. The lowest BCUT2D eigenvalue weighted by Crippen LogP contribution is -2.57. The first-order valence-corrected chi connectivity index (χ1v) is 16.2. The summed E-state index contributed by atoms with van der Waals surface area (Å²) in [6, 6.07) is 4.28. The Labute approximate surface area is 264 Å². The lowest BCUT2D eigenvalue weighted by Gasteiger charge is -2.36. The number of benzene rings is 1. The van der Waals surface area contributed by atoms with Crippen molar-refractivity contribution in [3.8, 4) is 0 Å². The van der Waals surface area contributed by atoms with Crippen molar-refractivity contribution >= 4 is 40.4 Å². The molecule has 3 amide bonds. The third-order valence-electron chi connectivity index (χ3n) is 9.16. The number of hydrogen-bond donors (Lipinski definition) is 4. The second-order valence-corrected chi connectivity index (χ2v) is 12.3. The van der Waals surface area contributed by atoms with Gasteiger partial charge in [-0.1, -0.05) is 57.7 Å². The minimum atomic E-state index is -1.04. The highest BCUT2D eigenvalue weighted by Gasteiger charge is 2.37. The number of nitrogens with zero attached hydrogens (tertiary/aromatic N) is 2. The molecule has 5 atom stereocenters. The number of aliphatic carboxylic acids is 1. The predicted octanol–water partition coefficient (Wildman–Crippen LogP) is 2.22. The van der Waals surface area contributed by atoms with Crippen LogP contribution in [-0.4, -0.2) is 88.6 Å². The van der Waals surface area contributed by atoms with Gasteiger partial charge in [-0.05, 0) is 49.8 Å². The van der Waals surface area contributed by atoms with E-state index in [9.17, 15) is 24.0 Å². The van der Waals surface area contributed by atoms with Crippen molar-refractivity contribution in [3.63, 3.8) is 0 Å². The monoisotopic (exact) mass is 625 g/mol. The molecule has 0 saturated carbocycles. The van der Waals surface area contributed by atoms with Crippen molar-refractivity contribution < 1.29 is 33.9 Å². The van der Waals surface area contributed by atoms with Crippen LogP contribution in [0.2, 0.25) is 0 Å². The van der Waals surface area contributed by atoms with E-state index in [1.807, 2.05) is 43.0 Å². The Kier molecular flexibility index (Phi) is 12.0. The topological polar surface area (TPSA) is 159 Å². The van der Waals surface area contributed by atoms with E-state index >= 15 is 0 Å². The molecular weight excluding hydrogens is 578 g/mol. The van der Waals surface area contributed by atoms with Crippen molar-refractivity contribution in [2.24, 2.45) is 5.92 Å². The third-order valence-corrected chi connectivity index (χ3v) is 9.16. The molecule has 246 valence electrons. The molecule has 2 fully saturated rings. The highest BCUT2D eigenvalue weighted by atomic mass is 16.6. The quantitative estimate of drug-likeness (QED) is 0.277. The fraction of sp³-hybridized carbons (Fsp3) is 0.606. The van der Waals surface area contributed by atoms with Crippen LogP contribution in [0.4, 0.5) is 0 Å². The smallest absolute Gasteiger partial charge is 0.303 e. The normalized spacial score (nSPS) is 24.3. The lowest BCUT2D eigenvalue weighted by atomic mass is 9.93. The van der Waals surface area contributed by atoms with Crippen molar-refractivity contribution in [2.75, 3.05) is 20.2 Å². The fourth-order valence-electron chi connectivity index (χ4n) is 6.38. The molecule has 12 heteroatoms. The number of ketones is 1. The number of amides is 3. The number of unbranched alkanes of at least 4 members (excludes halogenated alkanes) is 2. The van der Waals surface area contributed by atoms with Crippen molar-refractivity contribution in [3.05, 3.63) is 36.0 Å². The molecule has 0 spiro atoms. The molecule has 0 unspecified atom stereocenters. The summed E-state index contributed by atoms with van der Waals surface area (Å²) in [4.78, 5) is 73.6. The molecule has 2 saturated heterocycles. The van der Waals surface area contributed by atoms with Crippen LogP contribution in [0.5, 0.6) is 0 Å². The molecule has 0 bridgehead atoms. The minimum Gasteiger partial charge on any atom is -0.481 e. The summed E-state index contributed by atoms with van der Waals surface area (Å²) < 4.78 is 1.60. The second-order valence-electron chi connectivity index (χ2n) is 12.3. The molecule has 45 heavy (non-hydrogen) atoms. The summed E-state index contributed by atoms with van der Waals surface area (Å²) in [5.74, 6) is -2.48. The number of piperidine rings is 1. The van der Waals surface area contributed by atoms with Crippen molar-refractivity contribution in [1.29, 1.82) is 0 Å². The first-order valence-electron chi connectivity index (χ1n) is 16.2. The Bertz CT molecular complexity index is 1370. The van der Waals surface area contributed by atoms with E-state index in [0.29, 0.717) is 38.6 Å². The largest absolute Gasteiger partial charge is 0.481 e. The molecule has 3 heterocycles. The summed E-state index contributed by atoms with van der Waals surface area (Å²) in [5, 5.41) is 18.7. The number of para-hydroxylation sites is 1. The number of nitrogens with one attached hydrogen (secondary N) is 3. The van der Waals surface area contributed by atoms with Crippen molar-refractivity contribution in [1.82, 2.24) is 25.6 Å². The molecule has 4 rings (SSSR count). The van der Waals surface area contributed by atoms with Gasteiger partial charge in [-0.25, -0.2) is 0 Å². The van der Waals surface area contributed by atoms with E-state index in [4.69, 9.17) is 9.94 Å². The van der Waals surface area contributed by atoms with Crippen molar-refractivity contribution in [2.45, 2.75) is 102 Å². The van der Waals surface area contributed by atoms with E-state index in [1.165, 1.54) is 0 Å². The average molecular weight is 626 g/mol. The number of hydrogen-bond acceptors (Lipinski definition) is 7. The molecule has 1 aromatic heterocycles. The second kappa shape index (κ2) is 15.9. The van der Waals surface area contributed by atoms with Gasteiger partial charge >= 0.3 is 5.97 Å². The van der Waals surface area contributed by atoms with E-state index in [0.717, 1.165) is 29.3 Å². The number of carbonyl (C=O) groups excluding carboxylic acids is 4. The first kappa shape index (κ1) is 34.0. The zero-order valence-corrected chi connectivity index (χ0v) is 26.5. The van der Waals surface area contributed by atoms with Gasteiger partial charge in [0.25, 0.3) is 0 Å². The first-order chi connectivity index (χ1) is 21.6. The number of rotatable bonds is 11. The molecule has 0 radical (unpaired) electrons. The van der Waals surface area contributed by atoms with E-state index in [2.05, 4.69) is 16.0 Å². The Morgan fingerprint density at radius 2 is 1.73 bits per heavy atom.